The van der Waals surface area contributed by atoms with Crippen molar-refractivity contribution in [1.29, 1.82) is 0 Å². The van der Waals surface area contributed by atoms with Crippen molar-refractivity contribution in [1.82, 2.24) is 0 Å². The van der Waals surface area contributed by atoms with Gasteiger partial charge in [-0.1, -0.05) is 48.0 Å². The van der Waals surface area contributed by atoms with Crippen LogP contribution in [0.25, 0.3) is 0 Å². The number of carbonyl (C=O) groups is 1. The first-order chi connectivity index (χ1) is 11.2. The van der Waals surface area contributed by atoms with Gasteiger partial charge >= 0.3 is 7.12 Å². The van der Waals surface area contributed by atoms with E-state index in [0.717, 1.165) is 11.0 Å². The molecule has 0 N–H and O–H groups in total. The first-order valence-electron chi connectivity index (χ1n) is 8.27. The van der Waals surface area contributed by atoms with Gasteiger partial charge in [0.1, 0.15) is 0 Å². The Balaban J connectivity index is 1.89. The fourth-order valence-corrected chi connectivity index (χ4v) is 2.76. The Morgan fingerprint density at radius 2 is 1.42 bits per heavy atom. The van der Waals surface area contributed by atoms with Gasteiger partial charge in [0.2, 0.25) is 0 Å². The smallest absolute Gasteiger partial charge is 0.399 e. The molecule has 2 aromatic carbocycles. The number of hydrogen-bond acceptors (Lipinski definition) is 3. The van der Waals surface area contributed by atoms with Crippen molar-refractivity contribution in [2.75, 3.05) is 0 Å². The van der Waals surface area contributed by atoms with Gasteiger partial charge in [-0.15, -0.1) is 0 Å². The van der Waals surface area contributed by atoms with Crippen LogP contribution in [-0.2, 0) is 9.31 Å². The maximum absolute atomic E-state index is 12.7. The first-order valence-corrected chi connectivity index (χ1v) is 8.27. The molecule has 3 rings (SSSR count). The third-order valence-corrected chi connectivity index (χ3v) is 4.95. The predicted octanol–water partition coefficient (Wildman–Crippen LogP) is 3.53. The van der Waals surface area contributed by atoms with E-state index in [1.54, 1.807) is 0 Å². The molecule has 0 aliphatic carbocycles. The van der Waals surface area contributed by atoms with Crippen molar-refractivity contribution >= 4 is 18.4 Å². The number of benzene rings is 2. The highest BCUT2D eigenvalue weighted by molar-refractivity contribution is 6.62. The van der Waals surface area contributed by atoms with Gasteiger partial charge in [0.25, 0.3) is 0 Å². The minimum atomic E-state index is -0.458. The molecule has 0 radical (unpaired) electrons. The number of rotatable bonds is 3. The molecule has 0 atom stereocenters. The molecule has 24 heavy (non-hydrogen) atoms. The molecule has 0 spiro atoms. The van der Waals surface area contributed by atoms with Crippen LogP contribution < -0.4 is 5.46 Å². The average Bonchev–Trinajstić information content (AvgIpc) is 2.75. The molecule has 124 valence electrons. The zero-order valence-corrected chi connectivity index (χ0v) is 14.9. The molecule has 1 aliphatic heterocycles. The molecule has 0 bridgehead atoms. The van der Waals surface area contributed by atoms with Crippen molar-refractivity contribution in [3.8, 4) is 0 Å². The maximum atomic E-state index is 12.7. The summed E-state index contributed by atoms with van der Waals surface area (Å²) in [5, 5.41) is 0. The molecule has 3 nitrogen and oxygen atoms in total. The minimum absolute atomic E-state index is 0.0112. The summed E-state index contributed by atoms with van der Waals surface area (Å²) in [4.78, 5) is 12.7. The molecule has 0 aromatic heterocycles. The van der Waals surface area contributed by atoms with Gasteiger partial charge in [0, 0.05) is 11.1 Å². The summed E-state index contributed by atoms with van der Waals surface area (Å²) in [6, 6.07) is 15.2. The largest absolute Gasteiger partial charge is 0.494 e. The Morgan fingerprint density at radius 1 is 0.875 bits per heavy atom. The lowest BCUT2D eigenvalue weighted by molar-refractivity contribution is 0.00578. The van der Waals surface area contributed by atoms with E-state index in [2.05, 4.69) is 0 Å². The summed E-state index contributed by atoms with van der Waals surface area (Å²) in [6.07, 6.45) is 0. The van der Waals surface area contributed by atoms with Gasteiger partial charge in [-0.3, -0.25) is 4.79 Å². The van der Waals surface area contributed by atoms with Crippen LogP contribution in [-0.4, -0.2) is 24.1 Å². The molecule has 2 aromatic rings. The highest BCUT2D eigenvalue weighted by Crippen LogP contribution is 2.36. The monoisotopic (exact) mass is 322 g/mol. The van der Waals surface area contributed by atoms with Crippen LogP contribution in [0.2, 0.25) is 0 Å². The van der Waals surface area contributed by atoms with E-state index in [1.807, 2.05) is 83.1 Å². The van der Waals surface area contributed by atoms with Crippen molar-refractivity contribution in [3.63, 3.8) is 0 Å². The second-order valence-corrected chi connectivity index (χ2v) is 7.41. The average molecular weight is 322 g/mol. The Bertz CT molecular complexity index is 764. The molecule has 0 saturated carbocycles. The van der Waals surface area contributed by atoms with Crippen molar-refractivity contribution < 1.29 is 14.1 Å². The Morgan fingerprint density at radius 3 is 2.00 bits per heavy atom. The molecule has 1 fully saturated rings. The highest BCUT2D eigenvalue weighted by atomic mass is 16.7. The molecule has 0 amide bonds. The second kappa shape index (κ2) is 5.87. The Kier molecular flexibility index (Phi) is 4.14. The van der Waals surface area contributed by atoms with E-state index in [1.165, 1.54) is 0 Å². The van der Waals surface area contributed by atoms with Gasteiger partial charge in [0.05, 0.1) is 11.2 Å². The third-order valence-electron chi connectivity index (χ3n) is 4.95. The van der Waals surface area contributed by atoms with Crippen LogP contribution in [0.5, 0.6) is 0 Å². The van der Waals surface area contributed by atoms with Crippen molar-refractivity contribution in [3.05, 3.63) is 65.2 Å². The zero-order valence-electron chi connectivity index (χ0n) is 14.9. The summed E-state index contributed by atoms with van der Waals surface area (Å²) in [6.45, 7) is 10.1. The van der Waals surface area contributed by atoms with E-state index >= 15 is 0 Å². The lowest BCUT2D eigenvalue weighted by Gasteiger charge is -2.32. The lowest BCUT2D eigenvalue weighted by atomic mass is 9.78. The second-order valence-electron chi connectivity index (χ2n) is 7.41. The lowest BCUT2D eigenvalue weighted by Crippen LogP contribution is -2.41. The van der Waals surface area contributed by atoms with E-state index in [4.69, 9.17) is 9.31 Å². The maximum Gasteiger partial charge on any atom is 0.494 e. The number of hydrogen-bond donors (Lipinski definition) is 0. The minimum Gasteiger partial charge on any atom is -0.399 e. The quantitative estimate of drug-likeness (QED) is 0.641. The first kappa shape index (κ1) is 16.9. The molecular formula is C20H23BO3. The van der Waals surface area contributed by atoms with Gasteiger partial charge in [0.15, 0.2) is 5.78 Å². The van der Waals surface area contributed by atoms with Gasteiger partial charge < -0.3 is 9.31 Å². The topological polar surface area (TPSA) is 35.5 Å². The van der Waals surface area contributed by atoms with Crippen LogP contribution in [0.3, 0.4) is 0 Å². The summed E-state index contributed by atoms with van der Waals surface area (Å²) < 4.78 is 12.2. The SMILES string of the molecule is Cc1cccc(C(=O)c2cccc(B3OC(C)(C)C(C)(C)O3)c2)c1. The van der Waals surface area contributed by atoms with Crippen molar-refractivity contribution in [2.45, 2.75) is 45.8 Å². The number of aryl methyl sites for hydroxylation is 1. The van der Waals surface area contributed by atoms with E-state index < -0.39 is 18.3 Å². The molecular weight excluding hydrogens is 299 g/mol. The van der Waals surface area contributed by atoms with E-state index in [0.29, 0.717) is 11.1 Å². The molecule has 4 heteroatoms. The standard InChI is InChI=1S/C20H23BO3/c1-14-8-6-9-15(12-14)18(22)16-10-7-11-17(13-16)21-23-19(2,3)20(4,5)24-21/h6-13H,1-5H3. The normalized spacial score (nSPS) is 18.6. The van der Waals surface area contributed by atoms with Crippen LogP contribution in [0.4, 0.5) is 0 Å². The molecule has 0 unspecified atom stereocenters. The Labute approximate surface area is 144 Å². The third kappa shape index (κ3) is 3.04. The van der Waals surface area contributed by atoms with Gasteiger partial charge in [-0.25, -0.2) is 0 Å². The summed E-state index contributed by atoms with van der Waals surface area (Å²) in [5.41, 5.74) is 2.49. The van der Waals surface area contributed by atoms with Crippen LogP contribution in [0.1, 0.15) is 49.2 Å². The highest BCUT2D eigenvalue weighted by Gasteiger charge is 2.51. The van der Waals surface area contributed by atoms with Crippen molar-refractivity contribution in [2.24, 2.45) is 0 Å². The zero-order chi connectivity index (χ0) is 17.5. The van der Waals surface area contributed by atoms with Gasteiger partial charge in [-0.2, -0.15) is 0 Å². The van der Waals surface area contributed by atoms with Gasteiger partial charge in [-0.05, 0) is 46.1 Å². The fourth-order valence-electron chi connectivity index (χ4n) is 2.76. The molecule has 1 saturated heterocycles. The van der Waals surface area contributed by atoms with Crippen LogP contribution >= 0.6 is 0 Å². The number of ketones is 1. The summed E-state index contributed by atoms with van der Waals surface area (Å²) in [7, 11) is -0.458. The van der Waals surface area contributed by atoms with E-state index in [-0.39, 0.29) is 5.78 Å². The Hall–Kier alpha value is -1.91. The van der Waals surface area contributed by atoms with Crippen LogP contribution in [0, 0.1) is 6.92 Å². The molecule has 1 heterocycles. The summed E-state index contributed by atoms with van der Waals surface area (Å²) in [5.74, 6) is 0.0112. The summed E-state index contributed by atoms with van der Waals surface area (Å²) >= 11 is 0. The van der Waals surface area contributed by atoms with Crippen LogP contribution in [0.15, 0.2) is 48.5 Å². The molecule has 1 aliphatic rings. The number of carbonyl (C=O) groups excluding carboxylic acids is 1. The fraction of sp³-hybridized carbons (Fsp3) is 0.350. The predicted molar refractivity (Wildman–Crippen MR) is 96.8 cm³/mol. The van der Waals surface area contributed by atoms with E-state index in [9.17, 15) is 4.79 Å².